The van der Waals surface area contributed by atoms with Gasteiger partial charge in [0.05, 0.1) is 29.2 Å². The summed E-state index contributed by atoms with van der Waals surface area (Å²) in [4.78, 5) is 17.7. The van der Waals surface area contributed by atoms with E-state index in [2.05, 4.69) is 10.3 Å². The first-order valence-corrected chi connectivity index (χ1v) is 9.33. The molecule has 2 aromatic heterocycles. The van der Waals surface area contributed by atoms with Crippen LogP contribution in [0, 0.1) is 0 Å². The highest BCUT2D eigenvalue weighted by molar-refractivity contribution is 7.14. The molecule has 0 unspecified atom stereocenters. The molecule has 0 aliphatic rings. The Kier molecular flexibility index (Phi) is 5.85. The number of rotatable bonds is 6. The molecular formula is C19H18F3N3O2S. The molecule has 0 spiro atoms. The molecule has 1 aromatic carbocycles. The molecule has 0 aliphatic carbocycles. The van der Waals surface area contributed by atoms with Gasteiger partial charge in [-0.25, -0.2) is 4.98 Å². The molecule has 1 atom stereocenters. The summed E-state index contributed by atoms with van der Waals surface area (Å²) in [6.45, 7) is 3.65. The van der Waals surface area contributed by atoms with Gasteiger partial charge in [-0.05, 0) is 37.3 Å². The lowest BCUT2D eigenvalue weighted by molar-refractivity contribution is -0.137. The van der Waals surface area contributed by atoms with E-state index in [4.69, 9.17) is 4.42 Å². The number of aromatic nitrogens is 1. The quantitative estimate of drug-likeness (QED) is 0.601. The van der Waals surface area contributed by atoms with E-state index in [0.29, 0.717) is 17.4 Å². The van der Waals surface area contributed by atoms with E-state index in [-0.39, 0.29) is 11.7 Å². The van der Waals surface area contributed by atoms with Crippen molar-refractivity contribution in [2.75, 3.05) is 4.90 Å². The van der Waals surface area contributed by atoms with Crippen molar-refractivity contribution >= 4 is 28.1 Å². The van der Waals surface area contributed by atoms with Crippen LogP contribution in [-0.4, -0.2) is 10.9 Å². The van der Waals surface area contributed by atoms with E-state index < -0.39 is 17.6 Å². The second-order valence-electron chi connectivity index (χ2n) is 6.14. The van der Waals surface area contributed by atoms with Crippen molar-refractivity contribution in [1.29, 1.82) is 0 Å². The zero-order chi connectivity index (χ0) is 20.3. The molecular weight excluding hydrogens is 391 g/mol. The largest absolute Gasteiger partial charge is 0.468 e. The first kappa shape index (κ1) is 20.1. The highest BCUT2D eigenvalue weighted by Crippen LogP contribution is 2.35. The number of alkyl halides is 3. The predicted octanol–water partition coefficient (Wildman–Crippen LogP) is 5.29. The lowest BCUT2D eigenvalue weighted by atomic mass is 10.2. The molecule has 148 valence electrons. The summed E-state index contributed by atoms with van der Waals surface area (Å²) in [6, 6.07) is 8.26. The Morgan fingerprint density at radius 3 is 2.75 bits per heavy atom. The molecule has 0 radical (unpaired) electrons. The fourth-order valence-corrected chi connectivity index (χ4v) is 3.51. The average Bonchev–Trinajstić information content (AvgIpc) is 3.31. The smallest absolute Gasteiger partial charge is 0.416 e. The topological polar surface area (TPSA) is 58.4 Å². The normalized spacial score (nSPS) is 12.8. The lowest BCUT2D eigenvalue weighted by Gasteiger charge is -2.19. The molecule has 1 amide bonds. The van der Waals surface area contributed by atoms with Crippen LogP contribution in [0.3, 0.4) is 0 Å². The van der Waals surface area contributed by atoms with Gasteiger partial charge in [0.25, 0.3) is 0 Å². The van der Waals surface area contributed by atoms with Crippen LogP contribution in [0.25, 0.3) is 0 Å². The van der Waals surface area contributed by atoms with Crippen molar-refractivity contribution in [2.45, 2.75) is 32.6 Å². The fraction of sp³-hybridized carbons (Fsp3) is 0.263. The summed E-state index contributed by atoms with van der Waals surface area (Å²) >= 11 is 1.19. The molecule has 3 aromatic rings. The Morgan fingerprint density at radius 2 is 2.11 bits per heavy atom. The van der Waals surface area contributed by atoms with Crippen LogP contribution in [0.4, 0.5) is 24.0 Å². The van der Waals surface area contributed by atoms with Gasteiger partial charge < -0.3 is 9.73 Å². The van der Waals surface area contributed by atoms with Gasteiger partial charge in [0.2, 0.25) is 5.91 Å². The molecule has 5 nitrogen and oxygen atoms in total. The van der Waals surface area contributed by atoms with Gasteiger partial charge in [-0.15, -0.1) is 11.3 Å². The third-order valence-corrected chi connectivity index (χ3v) is 4.91. The van der Waals surface area contributed by atoms with E-state index in [1.165, 1.54) is 35.3 Å². The van der Waals surface area contributed by atoms with Gasteiger partial charge in [0.15, 0.2) is 5.13 Å². The zero-order valence-electron chi connectivity index (χ0n) is 15.2. The number of carbonyl (C=O) groups is 1. The summed E-state index contributed by atoms with van der Waals surface area (Å²) in [7, 11) is 0. The summed E-state index contributed by atoms with van der Waals surface area (Å²) in [5, 5.41) is 5.33. The summed E-state index contributed by atoms with van der Waals surface area (Å²) in [5.41, 5.74) is -0.0151. The van der Waals surface area contributed by atoms with Gasteiger partial charge in [-0.1, -0.05) is 6.07 Å². The Bertz CT molecular complexity index is 938. The number of thiazole rings is 1. The molecule has 3 rings (SSSR count). The first-order chi connectivity index (χ1) is 13.3. The monoisotopic (exact) mass is 409 g/mol. The third kappa shape index (κ3) is 4.60. The van der Waals surface area contributed by atoms with Crippen molar-refractivity contribution < 1.29 is 22.4 Å². The van der Waals surface area contributed by atoms with Gasteiger partial charge in [-0.3, -0.25) is 9.69 Å². The number of benzene rings is 1. The van der Waals surface area contributed by atoms with Gasteiger partial charge in [-0.2, -0.15) is 13.2 Å². The van der Waals surface area contributed by atoms with E-state index in [9.17, 15) is 18.0 Å². The highest BCUT2D eigenvalue weighted by atomic mass is 32.1. The number of nitrogens with one attached hydrogen (secondary N) is 1. The van der Waals surface area contributed by atoms with Crippen molar-refractivity contribution in [3.8, 4) is 0 Å². The number of anilines is 2. The first-order valence-electron chi connectivity index (χ1n) is 8.45. The SMILES string of the molecule is CC(=O)N(c1cccc(C(F)(F)F)c1)c1nc(CN[C@@H](C)c2ccco2)cs1. The van der Waals surface area contributed by atoms with Crippen molar-refractivity contribution in [1.82, 2.24) is 10.3 Å². The van der Waals surface area contributed by atoms with Crippen molar-refractivity contribution in [3.05, 3.63) is 65.1 Å². The van der Waals surface area contributed by atoms with Crippen LogP contribution in [0.5, 0.6) is 0 Å². The van der Waals surface area contributed by atoms with Crippen molar-refractivity contribution in [2.24, 2.45) is 0 Å². The summed E-state index contributed by atoms with van der Waals surface area (Å²) < 4.78 is 44.3. The van der Waals surface area contributed by atoms with E-state index in [1.54, 1.807) is 17.7 Å². The Hall–Kier alpha value is -2.65. The molecule has 0 saturated carbocycles. The van der Waals surface area contributed by atoms with Crippen LogP contribution < -0.4 is 10.2 Å². The average molecular weight is 409 g/mol. The Labute approximate surface area is 163 Å². The van der Waals surface area contributed by atoms with Gasteiger partial charge >= 0.3 is 6.18 Å². The lowest BCUT2D eigenvalue weighted by Crippen LogP contribution is -2.23. The number of nitrogens with zero attached hydrogens (tertiary/aromatic N) is 2. The number of amides is 1. The van der Waals surface area contributed by atoms with Crippen LogP contribution in [0.1, 0.15) is 36.9 Å². The van der Waals surface area contributed by atoms with E-state index >= 15 is 0 Å². The zero-order valence-corrected chi connectivity index (χ0v) is 16.0. The van der Waals surface area contributed by atoms with Crippen LogP contribution in [0.15, 0.2) is 52.5 Å². The van der Waals surface area contributed by atoms with Gasteiger partial charge in [0, 0.05) is 18.8 Å². The number of carbonyl (C=O) groups excluding carboxylic acids is 1. The van der Waals surface area contributed by atoms with Crippen LogP contribution in [0.2, 0.25) is 0 Å². The maximum absolute atomic E-state index is 13.0. The second-order valence-corrected chi connectivity index (χ2v) is 6.98. The summed E-state index contributed by atoms with van der Waals surface area (Å²) in [6.07, 6.45) is -2.90. The maximum Gasteiger partial charge on any atom is 0.416 e. The van der Waals surface area contributed by atoms with Crippen molar-refractivity contribution in [3.63, 3.8) is 0 Å². The minimum Gasteiger partial charge on any atom is -0.468 e. The molecule has 28 heavy (non-hydrogen) atoms. The number of halogens is 3. The second kappa shape index (κ2) is 8.15. The highest BCUT2D eigenvalue weighted by Gasteiger charge is 2.31. The minimum absolute atomic E-state index is 0.0347. The fourth-order valence-electron chi connectivity index (χ4n) is 2.62. The molecule has 0 saturated heterocycles. The number of hydrogen-bond donors (Lipinski definition) is 1. The molecule has 0 fully saturated rings. The Balaban J connectivity index is 1.78. The number of furan rings is 1. The Morgan fingerprint density at radius 1 is 1.32 bits per heavy atom. The van der Waals surface area contributed by atoms with Gasteiger partial charge in [0.1, 0.15) is 5.76 Å². The molecule has 0 aliphatic heterocycles. The third-order valence-electron chi connectivity index (χ3n) is 4.04. The van der Waals surface area contributed by atoms with E-state index in [1.807, 2.05) is 13.0 Å². The van der Waals surface area contributed by atoms with Crippen LogP contribution >= 0.6 is 11.3 Å². The molecule has 1 N–H and O–H groups in total. The molecule has 2 heterocycles. The van der Waals surface area contributed by atoms with E-state index in [0.717, 1.165) is 17.9 Å². The standard InChI is InChI=1S/C19H18F3N3O2S/c1-12(17-7-4-8-27-17)23-10-15-11-28-18(24-15)25(13(2)26)16-6-3-5-14(9-16)19(20,21)22/h3-9,11-12,23H,10H2,1-2H3/t12-/m0/s1. The maximum atomic E-state index is 13.0. The predicted molar refractivity (Wildman–Crippen MR) is 100 cm³/mol. The molecule has 0 bridgehead atoms. The minimum atomic E-state index is -4.49. The molecule has 9 heteroatoms. The summed E-state index contributed by atoms with van der Waals surface area (Å²) in [5.74, 6) is 0.363. The van der Waals surface area contributed by atoms with Crippen LogP contribution in [-0.2, 0) is 17.5 Å². The number of hydrogen-bond acceptors (Lipinski definition) is 5.